The fraction of sp³-hybridized carbons (Fsp3) is 0.222. The number of hydrogen-bond donors (Lipinski definition) is 2. The van der Waals surface area contributed by atoms with Crippen molar-refractivity contribution in [2.75, 3.05) is 25.7 Å². The molecule has 0 unspecified atom stereocenters. The topological polar surface area (TPSA) is 79.9 Å². The second-order valence-electron chi connectivity index (χ2n) is 5.84. The first-order valence-electron chi connectivity index (χ1n) is 7.93. The number of hydrogen-bond acceptors (Lipinski definition) is 5. The summed E-state index contributed by atoms with van der Waals surface area (Å²) < 4.78 is 24.0. The SMILES string of the molecule is CN(CC(=O)NC(=O)Nc1ccccc1F)Cc1ccc2c(c1)OCO2. The van der Waals surface area contributed by atoms with E-state index in [-0.39, 0.29) is 19.0 Å². The molecule has 2 aromatic rings. The third kappa shape index (κ3) is 4.48. The first-order valence-corrected chi connectivity index (χ1v) is 7.93. The number of fused-ring (bicyclic) bond motifs is 1. The van der Waals surface area contributed by atoms with E-state index in [0.29, 0.717) is 18.0 Å². The monoisotopic (exact) mass is 359 g/mol. The molecule has 0 saturated carbocycles. The van der Waals surface area contributed by atoms with Gasteiger partial charge >= 0.3 is 6.03 Å². The van der Waals surface area contributed by atoms with Gasteiger partial charge in [-0.3, -0.25) is 15.0 Å². The highest BCUT2D eigenvalue weighted by molar-refractivity contribution is 6.01. The molecule has 0 saturated heterocycles. The molecular weight excluding hydrogens is 341 g/mol. The number of likely N-dealkylation sites (N-methyl/N-ethyl adjacent to an activating group) is 1. The molecule has 0 aromatic heterocycles. The van der Waals surface area contributed by atoms with E-state index in [2.05, 4.69) is 10.6 Å². The minimum atomic E-state index is -0.781. The van der Waals surface area contributed by atoms with Gasteiger partial charge in [-0.15, -0.1) is 0 Å². The van der Waals surface area contributed by atoms with Crippen LogP contribution < -0.4 is 20.1 Å². The number of nitrogens with zero attached hydrogens (tertiary/aromatic N) is 1. The lowest BCUT2D eigenvalue weighted by molar-refractivity contribution is -0.120. The Bertz CT molecular complexity index is 828. The average molecular weight is 359 g/mol. The largest absolute Gasteiger partial charge is 0.454 e. The molecule has 136 valence electrons. The highest BCUT2D eigenvalue weighted by Crippen LogP contribution is 2.32. The Morgan fingerprint density at radius 2 is 1.92 bits per heavy atom. The highest BCUT2D eigenvalue weighted by Gasteiger charge is 2.15. The maximum atomic E-state index is 13.5. The molecule has 0 fully saturated rings. The third-order valence-corrected chi connectivity index (χ3v) is 3.68. The van der Waals surface area contributed by atoms with Gasteiger partial charge < -0.3 is 14.8 Å². The quantitative estimate of drug-likeness (QED) is 0.857. The molecule has 3 amide bonds. The van der Waals surface area contributed by atoms with Crippen LogP contribution in [-0.4, -0.2) is 37.2 Å². The number of benzene rings is 2. The van der Waals surface area contributed by atoms with Crippen LogP contribution in [-0.2, 0) is 11.3 Å². The first kappa shape index (κ1) is 17.7. The Morgan fingerprint density at radius 3 is 2.73 bits per heavy atom. The summed E-state index contributed by atoms with van der Waals surface area (Å²) in [5.41, 5.74) is 0.951. The van der Waals surface area contributed by atoms with E-state index in [1.165, 1.54) is 18.2 Å². The van der Waals surface area contributed by atoms with Crippen molar-refractivity contribution in [3.63, 3.8) is 0 Å². The third-order valence-electron chi connectivity index (χ3n) is 3.68. The summed E-state index contributed by atoms with van der Waals surface area (Å²) >= 11 is 0. The van der Waals surface area contributed by atoms with Crippen molar-refractivity contribution in [2.45, 2.75) is 6.54 Å². The summed E-state index contributed by atoms with van der Waals surface area (Å²) in [6, 6.07) is 10.5. The first-order chi connectivity index (χ1) is 12.5. The lowest BCUT2D eigenvalue weighted by atomic mass is 10.2. The Labute approximate surface area is 149 Å². The molecule has 0 atom stereocenters. The molecule has 7 nitrogen and oxygen atoms in total. The molecule has 2 aromatic carbocycles. The predicted octanol–water partition coefficient (Wildman–Crippen LogP) is 2.33. The summed E-state index contributed by atoms with van der Waals surface area (Å²) in [4.78, 5) is 25.5. The second kappa shape index (κ2) is 7.83. The van der Waals surface area contributed by atoms with Gasteiger partial charge in [-0.25, -0.2) is 9.18 Å². The van der Waals surface area contributed by atoms with Crippen molar-refractivity contribution in [3.8, 4) is 11.5 Å². The van der Waals surface area contributed by atoms with E-state index in [1.54, 1.807) is 18.0 Å². The zero-order valence-corrected chi connectivity index (χ0v) is 14.1. The molecule has 1 aliphatic heterocycles. The van der Waals surface area contributed by atoms with E-state index in [0.717, 1.165) is 5.56 Å². The van der Waals surface area contributed by atoms with Gasteiger partial charge in [-0.05, 0) is 36.9 Å². The van der Waals surface area contributed by atoms with Crippen molar-refractivity contribution >= 4 is 17.6 Å². The summed E-state index contributed by atoms with van der Waals surface area (Å²) in [7, 11) is 1.75. The number of ether oxygens (including phenoxy) is 2. The number of rotatable bonds is 5. The Kier molecular flexibility index (Phi) is 5.33. The zero-order valence-electron chi connectivity index (χ0n) is 14.1. The molecule has 0 radical (unpaired) electrons. The van der Waals surface area contributed by atoms with Crippen molar-refractivity contribution < 1.29 is 23.5 Å². The molecule has 3 rings (SSSR count). The van der Waals surface area contributed by atoms with Gasteiger partial charge in [0.2, 0.25) is 12.7 Å². The molecule has 0 aliphatic carbocycles. The van der Waals surface area contributed by atoms with Crippen molar-refractivity contribution in [1.82, 2.24) is 10.2 Å². The van der Waals surface area contributed by atoms with Crippen LogP contribution in [0, 0.1) is 5.82 Å². The normalized spacial score (nSPS) is 12.1. The number of para-hydroxylation sites is 1. The van der Waals surface area contributed by atoms with Gasteiger partial charge in [0.15, 0.2) is 11.5 Å². The van der Waals surface area contributed by atoms with Gasteiger partial charge in [0.1, 0.15) is 5.82 Å². The van der Waals surface area contributed by atoms with E-state index < -0.39 is 17.8 Å². The highest BCUT2D eigenvalue weighted by atomic mass is 19.1. The Morgan fingerprint density at radius 1 is 1.15 bits per heavy atom. The lowest BCUT2D eigenvalue weighted by Crippen LogP contribution is -2.40. The molecule has 0 spiro atoms. The number of urea groups is 1. The molecule has 2 N–H and O–H groups in total. The van der Waals surface area contributed by atoms with Crippen LogP contribution >= 0.6 is 0 Å². The molecular formula is C18H18FN3O4. The fourth-order valence-corrected chi connectivity index (χ4v) is 2.53. The van der Waals surface area contributed by atoms with Gasteiger partial charge in [0.05, 0.1) is 12.2 Å². The number of halogens is 1. The number of imide groups is 1. The van der Waals surface area contributed by atoms with Gasteiger partial charge in [0.25, 0.3) is 0 Å². The average Bonchev–Trinajstić information content (AvgIpc) is 3.04. The van der Waals surface area contributed by atoms with Crippen LogP contribution in [0.4, 0.5) is 14.9 Å². The van der Waals surface area contributed by atoms with E-state index in [1.807, 2.05) is 18.2 Å². The maximum absolute atomic E-state index is 13.5. The van der Waals surface area contributed by atoms with Crippen LogP contribution in [0.3, 0.4) is 0 Å². The van der Waals surface area contributed by atoms with Crippen molar-refractivity contribution in [2.24, 2.45) is 0 Å². The second-order valence-corrected chi connectivity index (χ2v) is 5.84. The fourth-order valence-electron chi connectivity index (χ4n) is 2.53. The van der Waals surface area contributed by atoms with E-state index >= 15 is 0 Å². The van der Waals surface area contributed by atoms with Crippen LogP contribution in [0.15, 0.2) is 42.5 Å². The molecule has 0 bridgehead atoms. The number of nitrogens with one attached hydrogen (secondary N) is 2. The maximum Gasteiger partial charge on any atom is 0.326 e. The minimum Gasteiger partial charge on any atom is -0.454 e. The summed E-state index contributed by atoms with van der Waals surface area (Å²) in [5, 5.41) is 4.47. The van der Waals surface area contributed by atoms with Gasteiger partial charge in [-0.1, -0.05) is 18.2 Å². The Hall–Kier alpha value is -3.13. The van der Waals surface area contributed by atoms with Crippen LogP contribution in [0.5, 0.6) is 11.5 Å². The molecule has 1 heterocycles. The minimum absolute atomic E-state index is 0.000859. The molecule has 26 heavy (non-hydrogen) atoms. The van der Waals surface area contributed by atoms with Crippen molar-refractivity contribution in [1.29, 1.82) is 0 Å². The predicted molar refractivity (Wildman–Crippen MR) is 92.5 cm³/mol. The Balaban J connectivity index is 1.48. The number of carbonyl (C=O) groups excluding carboxylic acids is 2. The molecule has 8 heteroatoms. The van der Waals surface area contributed by atoms with Gasteiger partial charge in [-0.2, -0.15) is 0 Å². The smallest absolute Gasteiger partial charge is 0.326 e. The standard InChI is InChI=1S/C18H18FN3O4/c1-22(9-12-6-7-15-16(8-12)26-11-25-15)10-17(23)21-18(24)20-14-5-3-2-4-13(14)19/h2-8H,9-11H2,1H3,(H2,20,21,23,24). The zero-order chi connectivity index (χ0) is 18.5. The van der Waals surface area contributed by atoms with Gasteiger partial charge in [0, 0.05) is 6.54 Å². The lowest BCUT2D eigenvalue weighted by Gasteiger charge is -2.16. The van der Waals surface area contributed by atoms with Crippen LogP contribution in [0.2, 0.25) is 0 Å². The molecule has 1 aliphatic rings. The number of amides is 3. The van der Waals surface area contributed by atoms with Crippen molar-refractivity contribution in [3.05, 3.63) is 53.8 Å². The number of carbonyl (C=O) groups is 2. The summed E-state index contributed by atoms with van der Waals surface area (Å²) in [5.74, 6) is 0.292. The van der Waals surface area contributed by atoms with E-state index in [9.17, 15) is 14.0 Å². The number of anilines is 1. The van der Waals surface area contributed by atoms with Crippen LogP contribution in [0.1, 0.15) is 5.56 Å². The summed E-state index contributed by atoms with van der Waals surface area (Å²) in [6.45, 7) is 0.687. The van der Waals surface area contributed by atoms with E-state index in [4.69, 9.17) is 9.47 Å². The summed E-state index contributed by atoms with van der Waals surface area (Å²) in [6.07, 6.45) is 0. The van der Waals surface area contributed by atoms with Crippen LogP contribution in [0.25, 0.3) is 0 Å².